The lowest BCUT2D eigenvalue weighted by Gasteiger charge is -2.09. The van der Waals surface area contributed by atoms with Crippen molar-refractivity contribution in [3.8, 4) is 0 Å². The molecule has 2 heterocycles. The van der Waals surface area contributed by atoms with E-state index in [2.05, 4.69) is 10.2 Å². The smallest absolute Gasteiger partial charge is 0.284 e. The molecule has 0 bridgehead atoms. The highest BCUT2D eigenvalue weighted by Gasteiger charge is 2.31. The predicted molar refractivity (Wildman–Crippen MR) is 52.1 cm³/mol. The van der Waals surface area contributed by atoms with E-state index in [0.29, 0.717) is 17.9 Å². The lowest BCUT2D eigenvalue weighted by molar-refractivity contribution is -0.137. The summed E-state index contributed by atoms with van der Waals surface area (Å²) >= 11 is 0. The molecule has 2 rings (SSSR count). The van der Waals surface area contributed by atoms with Crippen LogP contribution in [-0.4, -0.2) is 14.6 Å². The molecule has 0 aromatic carbocycles. The number of halogens is 3. The Labute approximate surface area is 89.9 Å². The molecule has 16 heavy (non-hydrogen) atoms. The summed E-state index contributed by atoms with van der Waals surface area (Å²) in [6.07, 6.45) is -3.71. The highest BCUT2D eigenvalue weighted by atomic mass is 19.4. The van der Waals surface area contributed by atoms with Gasteiger partial charge in [-0.1, -0.05) is 6.92 Å². The molecule has 0 aliphatic heterocycles. The van der Waals surface area contributed by atoms with Crippen LogP contribution in [0.15, 0.2) is 12.1 Å². The third-order valence-electron chi connectivity index (χ3n) is 2.40. The number of fused-ring (bicyclic) bond motifs is 1. The molecular weight excluding hydrogens is 219 g/mol. The minimum Gasteiger partial charge on any atom is -0.284 e. The summed E-state index contributed by atoms with van der Waals surface area (Å²) in [5.74, 6) is 0.668. The van der Waals surface area contributed by atoms with Crippen molar-refractivity contribution >= 4 is 5.65 Å². The van der Waals surface area contributed by atoms with Crippen molar-refractivity contribution in [2.45, 2.75) is 26.4 Å². The zero-order valence-electron chi connectivity index (χ0n) is 8.84. The number of aromatic nitrogens is 3. The minimum absolute atomic E-state index is 0.240. The molecule has 86 valence electrons. The summed E-state index contributed by atoms with van der Waals surface area (Å²) < 4.78 is 39.2. The molecule has 0 saturated carbocycles. The van der Waals surface area contributed by atoms with E-state index in [1.807, 2.05) is 6.92 Å². The van der Waals surface area contributed by atoms with Crippen LogP contribution in [0.25, 0.3) is 5.65 Å². The summed E-state index contributed by atoms with van der Waals surface area (Å²) in [6.45, 7) is 3.50. The van der Waals surface area contributed by atoms with Gasteiger partial charge in [-0.15, -0.1) is 10.2 Å². The normalized spacial score (nSPS) is 12.3. The lowest BCUT2D eigenvalue weighted by Crippen LogP contribution is -2.07. The van der Waals surface area contributed by atoms with Crippen LogP contribution in [-0.2, 0) is 12.6 Å². The topological polar surface area (TPSA) is 30.2 Å². The lowest BCUT2D eigenvalue weighted by atomic mass is 10.2. The van der Waals surface area contributed by atoms with Gasteiger partial charge in [0.1, 0.15) is 5.82 Å². The first-order valence-corrected chi connectivity index (χ1v) is 4.85. The molecule has 0 saturated heterocycles. The van der Waals surface area contributed by atoms with Gasteiger partial charge in [0.25, 0.3) is 0 Å². The van der Waals surface area contributed by atoms with Crippen molar-refractivity contribution in [1.29, 1.82) is 0 Å². The van der Waals surface area contributed by atoms with E-state index in [-0.39, 0.29) is 5.65 Å². The van der Waals surface area contributed by atoms with Crippen LogP contribution in [0.4, 0.5) is 13.2 Å². The summed E-state index contributed by atoms with van der Waals surface area (Å²) in [4.78, 5) is 0. The minimum atomic E-state index is -4.34. The van der Waals surface area contributed by atoms with Crippen LogP contribution in [0.2, 0.25) is 0 Å². The SMILES string of the molecule is CCc1nnc2cc(C(F)(F)F)cc(C)n12. The number of aryl methyl sites for hydroxylation is 2. The third kappa shape index (κ3) is 1.64. The van der Waals surface area contributed by atoms with Gasteiger partial charge in [0.2, 0.25) is 0 Å². The molecule has 6 heteroatoms. The number of pyridine rings is 1. The zero-order chi connectivity index (χ0) is 11.9. The Morgan fingerprint density at radius 1 is 1.25 bits per heavy atom. The van der Waals surface area contributed by atoms with Gasteiger partial charge in [0.15, 0.2) is 5.65 Å². The molecule has 0 amide bonds. The van der Waals surface area contributed by atoms with Crippen LogP contribution < -0.4 is 0 Å². The van der Waals surface area contributed by atoms with Crippen LogP contribution in [0.3, 0.4) is 0 Å². The number of hydrogen-bond acceptors (Lipinski definition) is 2. The quantitative estimate of drug-likeness (QED) is 0.752. The summed E-state index contributed by atoms with van der Waals surface area (Å²) in [5, 5.41) is 7.58. The van der Waals surface area contributed by atoms with Crippen molar-refractivity contribution in [2.24, 2.45) is 0 Å². The van der Waals surface area contributed by atoms with Gasteiger partial charge in [-0.2, -0.15) is 13.2 Å². The van der Waals surface area contributed by atoms with Crippen molar-refractivity contribution in [3.63, 3.8) is 0 Å². The van der Waals surface area contributed by atoms with E-state index in [0.717, 1.165) is 12.1 Å². The third-order valence-corrected chi connectivity index (χ3v) is 2.40. The second-order valence-corrected chi connectivity index (χ2v) is 3.55. The van der Waals surface area contributed by atoms with E-state index < -0.39 is 11.7 Å². The maximum atomic E-state index is 12.5. The summed E-state index contributed by atoms with van der Waals surface area (Å²) in [6, 6.07) is 2.12. The van der Waals surface area contributed by atoms with E-state index >= 15 is 0 Å². The molecule has 3 nitrogen and oxygen atoms in total. The molecule has 0 aliphatic carbocycles. The van der Waals surface area contributed by atoms with Crippen LogP contribution in [0, 0.1) is 6.92 Å². The fourth-order valence-corrected chi connectivity index (χ4v) is 1.67. The monoisotopic (exact) mass is 229 g/mol. The Morgan fingerprint density at radius 2 is 1.94 bits per heavy atom. The highest BCUT2D eigenvalue weighted by molar-refractivity contribution is 5.44. The van der Waals surface area contributed by atoms with E-state index in [1.54, 1.807) is 11.3 Å². The van der Waals surface area contributed by atoms with Gasteiger partial charge in [0.05, 0.1) is 5.56 Å². The van der Waals surface area contributed by atoms with Crippen LogP contribution >= 0.6 is 0 Å². The molecule has 0 aliphatic rings. The van der Waals surface area contributed by atoms with Crippen LogP contribution in [0.1, 0.15) is 24.0 Å². The maximum Gasteiger partial charge on any atom is 0.416 e. The molecular formula is C10H10F3N3. The summed E-state index contributed by atoms with van der Waals surface area (Å²) in [7, 11) is 0. The van der Waals surface area contributed by atoms with Gasteiger partial charge >= 0.3 is 6.18 Å². The molecule has 2 aromatic rings. The van der Waals surface area contributed by atoms with Gasteiger partial charge in [0, 0.05) is 12.1 Å². The Bertz CT molecular complexity index is 528. The van der Waals surface area contributed by atoms with Crippen molar-refractivity contribution in [1.82, 2.24) is 14.6 Å². The van der Waals surface area contributed by atoms with Crippen molar-refractivity contribution in [3.05, 3.63) is 29.2 Å². The first-order chi connectivity index (χ1) is 7.43. The second kappa shape index (κ2) is 3.47. The largest absolute Gasteiger partial charge is 0.416 e. The average molecular weight is 229 g/mol. The highest BCUT2D eigenvalue weighted by Crippen LogP contribution is 2.30. The van der Waals surface area contributed by atoms with Gasteiger partial charge in [-0.3, -0.25) is 4.40 Å². The first kappa shape index (κ1) is 10.9. The van der Waals surface area contributed by atoms with Gasteiger partial charge in [-0.05, 0) is 19.1 Å². The number of nitrogens with zero attached hydrogens (tertiary/aromatic N) is 3. The zero-order valence-corrected chi connectivity index (χ0v) is 8.84. The number of hydrogen-bond donors (Lipinski definition) is 0. The molecule has 0 N–H and O–H groups in total. The molecule has 2 aromatic heterocycles. The van der Waals surface area contributed by atoms with E-state index in [9.17, 15) is 13.2 Å². The van der Waals surface area contributed by atoms with Crippen molar-refractivity contribution in [2.75, 3.05) is 0 Å². The standard InChI is InChI=1S/C10H10F3N3/c1-3-8-14-15-9-5-7(10(11,12)13)4-6(2)16(8)9/h4-5H,3H2,1-2H3. The summed E-state index contributed by atoms with van der Waals surface area (Å²) in [5.41, 5.74) is 0.0448. The molecule has 0 atom stereocenters. The Kier molecular flexibility index (Phi) is 2.36. The molecule has 0 unspecified atom stereocenters. The average Bonchev–Trinajstić information content (AvgIpc) is 2.59. The number of rotatable bonds is 1. The molecule has 0 radical (unpaired) electrons. The molecule has 0 fully saturated rings. The maximum absolute atomic E-state index is 12.5. The fourth-order valence-electron chi connectivity index (χ4n) is 1.67. The second-order valence-electron chi connectivity index (χ2n) is 3.55. The number of alkyl halides is 3. The van der Waals surface area contributed by atoms with E-state index in [4.69, 9.17) is 0 Å². The molecule has 0 spiro atoms. The van der Waals surface area contributed by atoms with Gasteiger partial charge in [-0.25, -0.2) is 0 Å². The Balaban J connectivity index is 2.70. The Morgan fingerprint density at radius 3 is 2.50 bits per heavy atom. The Hall–Kier alpha value is -1.59. The van der Waals surface area contributed by atoms with Gasteiger partial charge < -0.3 is 0 Å². The van der Waals surface area contributed by atoms with Crippen LogP contribution in [0.5, 0.6) is 0 Å². The predicted octanol–water partition coefficient (Wildman–Crippen LogP) is 2.62. The fraction of sp³-hybridized carbons (Fsp3) is 0.400. The van der Waals surface area contributed by atoms with Crippen molar-refractivity contribution < 1.29 is 13.2 Å². The van der Waals surface area contributed by atoms with E-state index in [1.165, 1.54) is 0 Å². The first-order valence-electron chi connectivity index (χ1n) is 4.85.